The summed E-state index contributed by atoms with van der Waals surface area (Å²) in [5.41, 5.74) is 1.89. The molecule has 6 heteroatoms. The van der Waals surface area contributed by atoms with Crippen molar-refractivity contribution < 1.29 is 14.3 Å². The highest BCUT2D eigenvalue weighted by Crippen LogP contribution is 2.13. The van der Waals surface area contributed by atoms with Crippen LogP contribution in [0.4, 0.5) is 5.69 Å². The molecule has 0 fully saturated rings. The van der Waals surface area contributed by atoms with Crippen molar-refractivity contribution in [3.63, 3.8) is 0 Å². The van der Waals surface area contributed by atoms with Crippen LogP contribution < -0.4 is 5.32 Å². The number of amides is 1. The van der Waals surface area contributed by atoms with E-state index in [0.29, 0.717) is 22.6 Å². The normalized spacial score (nSPS) is 10.0. The molecule has 0 aliphatic carbocycles. The second kappa shape index (κ2) is 5.34. The maximum atomic E-state index is 11.9. The number of H-pyrrole nitrogens is 1. The number of carbonyl (C=O) groups excluding carboxylic acids is 2. The number of hydrogen-bond acceptors (Lipinski definition) is 4. The van der Waals surface area contributed by atoms with Gasteiger partial charge in [-0.25, -0.2) is 9.78 Å². The molecule has 6 nitrogen and oxygen atoms in total. The fourth-order valence-electron chi connectivity index (χ4n) is 1.62. The number of hydrogen-bond donors (Lipinski definition) is 2. The van der Waals surface area contributed by atoms with Crippen LogP contribution in [0.1, 0.15) is 26.5 Å². The van der Waals surface area contributed by atoms with Crippen LogP contribution in [0.5, 0.6) is 0 Å². The quantitative estimate of drug-likeness (QED) is 0.822. The van der Waals surface area contributed by atoms with Gasteiger partial charge in [-0.2, -0.15) is 0 Å². The minimum Gasteiger partial charge on any atom is -0.465 e. The number of methoxy groups -OCH3 is 1. The van der Waals surface area contributed by atoms with Crippen LogP contribution in [0, 0.1) is 6.92 Å². The Labute approximate surface area is 109 Å². The standard InChI is InChI=1S/C13H13N3O3/c1-8-11(15-7-14-8)12(17)16-10-5-3-4-9(6-10)13(18)19-2/h3-7H,1-2H3,(H,14,15)(H,16,17). The van der Waals surface area contributed by atoms with E-state index in [0.717, 1.165) is 0 Å². The van der Waals surface area contributed by atoms with E-state index >= 15 is 0 Å². The molecule has 1 aromatic heterocycles. The molecule has 0 aliphatic rings. The first kappa shape index (κ1) is 12.8. The highest BCUT2D eigenvalue weighted by atomic mass is 16.5. The van der Waals surface area contributed by atoms with Crippen molar-refractivity contribution >= 4 is 17.6 Å². The highest BCUT2D eigenvalue weighted by molar-refractivity contribution is 6.04. The average molecular weight is 259 g/mol. The van der Waals surface area contributed by atoms with E-state index in [-0.39, 0.29) is 5.91 Å². The molecule has 0 aliphatic heterocycles. The van der Waals surface area contributed by atoms with Crippen molar-refractivity contribution in [2.45, 2.75) is 6.92 Å². The number of nitrogens with one attached hydrogen (secondary N) is 2. The number of esters is 1. The van der Waals surface area contributed by atoms with Gasteiger partial charge < -0.3 is 15.0 Å². The Morgan fingerprint density at radius 2 is 2.16 bits per heavy atom. The van der Waals surface area contributed by atoms with Gasteiger partial charge in [0.2, 0.25) is 0 Å². The number of nitrogens with zero attached hydrogens (tertiary/aromatic N) is 1. The topological polar surface area (TPSA) is 84.1 Å². The molecule has 1 heterocycles. The van der Waals surface area contributed by atoms with Gasteiger partial charge in [-0.1, -0.05) is 6.07 Å². The maximum absolute atomic E-state index is 11.9. The summed E-state index contributed by atoms with van der Waals surface area (Å²) in [5.74, 6) is -0.784. The van der Waals surface area contributed by atoms with Crippen molar-refractivity contribution in [2.24, 2.45) is 0 Å². The van der Waals surface area contributed by atoms with Crippen LogP contribution in [0.15, 0.2) is 30.6 Å². The molecule has 0 saturated carbocycles. The Bertz CT molecular complexity index is 619. The Morgan fingerprint density at radius 1 is 1.37 bits per heavy atom. The first-order valence-corrected chi connectivity index (χ1v) is 5.61. The van der Waals surface area contributed by atoms with Crippen LogP contribution in [-0.2, 0) is 4.74 Å². The maximum Gasteiger partial charge on any atom is 0.337 e. The zero-order chi connectivity index (χ0) is 13.8. The molecule has 0 radical (unpaired) electrons. The highest BCUT2D eigenvalue weighted by Gasteiger charge is 2.13. The number of carbonyl (C=O) groups is 2. The summed E-state index contributed by atoms with van der Waals surface area (Å²) >= 11 is 0. The number of anilines is 1. The second-order valence-electron chi connectivity index (χ2n) is 3.90. The third-order valence-corrected chi connectivity index (χ3v) is 2.59. The van der Waals surface area contributed by atoms with Crippen LogP contribution in [0.3, 0.4) is 0 Å². The summed E-state index contributed by atoms with van der Waals surface area (Å²) in [4.78, 5) is 30.1. The second-order valence-corrected chi connectivity index (χ2v) is 3.90. The van der Waals surface area contributed by atoms with E-state index in [1.165, 1.54) is 13.4 Å². The number of aromatic amines is 1. The minimum absolute atomic E-state index is 0.323. The number of ether oxygens (including phenoxy) is 1. The minimum atomic E-state index is -0.452. The van der Waals surface area contributed by atoms with Crippen molar-refractivity contribution in [3.05, 3.63) is 47.5 Å². The molecule has 1 aromatic carbocycles. The predicted molar refractivity (Wildman–Crippen MR) is 69.1 cm³/mol. The first-order valence-electron chi connectivity index (χ1n) is 5.61. The van der Waals surface area contributed by atoms with Gasteiger partial charge in [-0.3, -0.25) is 4.79 Å². The summed E-state index contributed by atoms with van der Waals surface area (Å²) in [6, 6.07) is 6.51. The summed E-state index contributed by atoms with van der Waals surface area (Å²) in [7, 11) is 1.31. The molecule has 0 spiro atoms. The number of aryl methyl sites for hydroxylation is 1. The summed E-state index contributed by atoms with van der Waals surface area (Å²) in [5, 5.41) is 2.68. The monoisotopic (exact) mass is 259 g/mol. The molecule has 0 unspecified atom stereocenters. The van der Waals surface area contributed by atoms with Gasteiger partial charge in [0.15, 0.2) is 0 Å². The fourth-order valence-corrected chi connectivity index (χ4v) is 1.62. The number of aromatic nitrogens is 2. The van der Waals surface area contributed by atoms with Gasteiger partial charge in [-0.05, 0) is 25.1 Å². The Morgan fingerprint density at radius 3 is 2.79 bits per heavy atom. The Hall–Kier alpha value is -2.63. The molecule has 19 heavy (non-hydrogen) atoms. The number of rotatable bonds is 3. The van der Waals surface area contributed by atoms with E-state index in [2.05, 4.69) is 20.0 Å². The molecule has 2 N–H and O–H groups in total. The smallest absolute Gasteiger partial charge is 0.337 e. The fraction of sp³-hybridized carbons (Fsp3) is 0.154. The zero-order valence-corrected chi connectivity index (χ0v) is 10.6. The van der Waals surface area contributed by atoms with Crippen molar-refractivity contribution in [1.29, 1.82) is 0 Å². The lowest BCUT2D eigenvalue weighted by atomic mass is 10.2. The summed E-state index contributed by atoms with van der Waals surface area (Å²) in [6.45, 7) is 1.76. The molecular formula is C13H13N3O3. The molecular weight excluding hydrogens is 246 g/mol. The van der Waals surface area contributed by atoms with E-state index in [1.54, 1.807) is 31.2 Å². The van der Waals surface area contributed by atoms with Crippen molar-refractivity contribution in [2.75, 3.05) is 12.4 Å². The summed E-state index contributed by atoms with van der Waals surface area (Å²) in [6.07, 6.45) is 1.45. The van der Waals surface area contributed by atoms with Gasteiger partial charge in [0.25, 0.3) is 5.91 Å². The first-order chi connectivity index (χ1) is 9.11. The number of benzene rings is 1. The third-order valence-electron chi connectivity index (χ3n) is 2.59. The van der Waals surface area contributed by atoms with Gasteiger partial charge in [0.05, 0.1) is 19.0 Å². The van der Waals surface area contributed by atoms with Crippen molar-refractivity contribution in [3.8, 4) is 0 Å². The lowest BCUT2D eigenvalue weighted by Gasteiger charge is -2.05. The van der Waals surface area contributed by atoms with E-state index < -0.39 is 5.97 Å². The largest absolute Gasteiger partial charge is 0.465 e. The van der Waals surface area contributed by atoms with Gasteiger partial charge in [0, 0.05) is 11.4 Å². The van der Waals surface area contributed by atoms with Gasteiger partial charge in [0.1, 0.15) is 5.69 Å². The van der Waals surface area contributed by atoms with Crippen LogP contribution in [0.2, 0.25) is 0 Å². The molecule has 0 atom stereocenters. The Balaban J connectivity index is 2.18. The zero-order valence-electron chi connectivity index (χ0n) is 10.6. The number of imidazole rings is 1. The molecule has 1 amide bonds. The van der Waals surface area contributed by atoms with Crippen molar-refractivity contribution in [1.82, 2.24) is 9.97 Å². The molecule has 0 bridgehead atoms. The third kappa shape index (κ3) is 2.79. The Kier molecular flexibility index (Phi) is 3.61. The predicted octanol–water partition coefficient (Wildman–Crippen LogP) is 1.76. The van der Waals surface area contributed by atoms with E-state index in [9.17, 15) is 9.59 Å². The molecule has 2 aromatic rings. The van der Waals surface area contributed by atoms with E-state index in [4.69, 9.17) is 0 Å². The van der Waals surface area contributed by atoms with Crippen LogP contribution >= 0.6 is 0 Å². The molecule has 98 valence electrons. The van der Waals surface area contributed by atoms with Gasteiger partial charge >= 0.3 is 5.97 Å². The van der Waals surface area contributed by atoms with Gasteiger partial charge in [-0.15, -0.1) is 0 Å². The molecule has 2 rings (SSSR count). The van der Waals surface area contributed by atoms with Crippen LogP contribution in [0.25, 0.3) is 0 Å². The lowest BCUT2D eigenvalue weighted by Crippen LogP contribution is -2.14. The van der Waals surface area contributed by atoms with E-state index in [1.807, 2.05) is 0 Å². The summed E-state index contributed by atoms with van der Waals surface area (Å²) < 4.78 is 4.62. The lowest BCUT2D eigenvalue weighted by molar-refractivity contribution is 0.0600. The molecule has 0 saturated heterocycles. The van der Waals surface area contributed by atoms with Crippen LogP contribution in [-0.4, -0.2) is 29.0 Å². The average Bonchev–Trinajstić information content (AvgIpc) is 2.84. The SMILES string of the molecule is COC(=O)c1cccc(NC(=O)c2nc[nH]c2C)c1.